The van der Waals surface area contributed by atoms with Gasteiger partial charge in [-0.25, -0.2) is 4.39 Å². The molecule has 15 heavy (non-hydrogen) atoms. The molecule has 0 radical (unpaired) electrons. The molecule has 0 spiro atoms. The summed E-state index contributed by atoms with van der Waals surface area (Å²) in [6, 6.07) is 5.84. The Balaban J connectivity index is 2.25. The number of aliphatic hydroxyl groups is 1. The second-order valence-electron chi connectivity index (χ2n) is 3.21. The quantitative estimate of drug-likeness (QED) is 0.752. The minimum atomic E-state index is -1.21. The maximum Gasteiger partial charge on any atom is 0.314 e. The Morgan fingerprint density at radius 1 is 1.40 bits per heavy atom. The highest BCUT2D eigenvalue weighted by atomic mass is 19.1. The van der Waals surface area contributed by atoms with E-state index in [0.717, 1.165) is 0 Å². The van der Waals surface area contributed by atoms with E-state index in [1.165, 1.54) is 24.3 Å². The molecule has 0 aliphatic carbocycles. The van der Waals surface area contributed by atoms with Gasteiger partial charge in [0.15, 0.2) is 0 Å². The summed E-state index contributed by atoms with van der Waals surface area (Å²) in [5.74, 6) is -0.848. The van der Waals surface area contributed by atoms with Crippen LogP contribution in [0.2, 0.25) is 0 Å². The van der Waals surface area contributed by atoms with Gasteiger partial charge in [-0.15, -0.1) is 0 Å². The van der Waals surface area contributed by atoms with Crippen molar-refractivity contribution >= 4 is 5.97 Å². The van der Waals surface area contributed by atoms with Crippen LogP contribution in [0, 0.1) is 5.82 Å². The van der Waals surface area contributed by atoms with Gasteiger partial charge in [-0.05, 0) is 12.1 Å². The molecule has 1 unspecified atom stereocenters. The Bertz CT molecular complexity index is 426. The molecule has 1 aliphatic heterocycles. The molecule has 1 aromatic rings. The Morgan fingerprint density at radius 3 is 2.73 bits per heavy atom. The lowest BCUT2D eigenvalue weighted by molar-refractivity contribution is -0.137. The van der Waals surface area contributed by atoms with Gasteiger partial charge in [0.25, 0.3) is 0 Å². The predicted molar refractivity (Wildman–Crippen MR) is 50.2 cm³/mol. The molecule has 0 aromatic heterocycles. The molecule has 1 aromatic carbocycles. The minimum absolute atomic E-state index is 0.102. The summed E-state index contributed by atoms with van der Waals surface area (Å²) in [4.78, 5) is 10.8. The summed E-state index contributed by atoms with van der Waals surface area (Å²) >= 11 is 0. The largest absolute Gasteiger partial charge is 0.428 e. The number of hydrogen-bond acceptors (Lipinski definition) is 3. The van der Waals surface area contributed by atoms with Crippen molar-refractivity contribution in [3.63, 3.8) is 0 Å². The molecule has 3 nitrogen and oxygen atoms in total. The molecule has 1 heterocycles. The molecular weight excluding hydrogens is 199 g/mol. The van der Waals surface area contributed by atoms with Crippen molar-refractivity contribution < 1.29 is 19.0 Å². The van der Waals surface area contributed by atoms with Gasteiger partial charge in [-0.2, -0.15) is 0 Å². The number of benzene rings is 1. The van der Waals surface area contributed by atoms with Gasteiger partial charge >= 0.3 is 5.97 Å². The second-order valence-corrected chi connectivity index (χ2v) is 3.21. The monoisotopic (exact) mass is 208 g/mol. The fourth-order valence-corrected chi connectivity index (χ4v) is 1.42. The van der Waals surface area contributed by atoms with E-state index < -0.39 is 17.9 Å². The van der Waals surface area contributed by atoms with Crippen molar-refractivity contribution in [1.29, 1.82) is 0 Å². The number of hydrogen-bond donors (Lipinski definition) is 1. The number of aliphatic hydroxyl groups excluding tert-OH is 1. The number of ether oxygens (including phenoxy) is 1. The minimum Gasteiger partial charge on any atom is -0.428 e. The van der Waals surface area contributed by atoms with Crippen LogP contribution >= 0.6 is 0 Å². The fourth-order valence-electron chi connectivity index (χ4n) is 1.42. The Labute approximate surface area is 85.8 Å². The van der Waals surface area contributed by atoms with Gasteiger partial charge in [0.1, 0.15) is 17.7 Å². The first-order chi connectivity index (χ1) is 7.18. The Morgan fingerprint density at radius 2 is 2.13 bits per heavy atom. The van der Waals surface area contributed by atoms with Crippen molar-refractivity contribution in [2.45, 2.75) is 12.5 Å². The number of rotatable bonds is 2. The third-order valence-electron chi connectivity index (χ3n) is 2.17. The molecular formula is C11H9FO3. The van der Waals surface area contributed by atoms with E-state index >= 15 is 0 Å². The average molecular weight is 208 g/mol. The van der Waals surface area contributed by atoms with E-state index in [1.807, 2.05) is 0 Å². The van der Waals surface area contributed by atoms with E-state index in [1.54, 1.807) is 6.07 Å². The van der Waals surface area contributed by atoms with Crippen molar-refractivity contribution in [3.05, 3.63) is 47.5 Å². The van der Waals surface area contributed by atoms with Gasteiger partial charge in [0.05, 0.1) is 6.42 Å². The first-order valence-electron chi connectivity index (χ1n) is 4.51. The number of cyclic esters (lactones) is 1. The SMILES string of the molecule is O=C1CC=C(C(O)c2ccccc2F)O1. The smallest absolute Gasteiger partial charge is 0.314 e. The van der Waals surface area contributed by atoms with E-state index in [0.29, 0.717) is 0 Å². The highest BCUT2D eigenvalue weighted by Crippen LogP contribution is 2.28. The third-order valence-corrected chi connectivity index (χ3v) is 2.17. The van der Waals surface area contributed by atoms with Crippen LogP contribution in [0.25, 0.3) is 0 Å². The lowest BCUT2D eigenvalue weighted by Gasteiger charge is -2.11. The normalized spacial score (nSPS) is 17.2. The first kappa shape index (κ1) is 9.86. The zero-order valence-corrected chi connectivity index (χ0v) is 7.81. The molecule has 2 rings (SSSR count). The van der Waals surface area contributed by atoms with E-state index in [2.05, 4.69) is 0 Å². The number of halogens is 1. The highest BCUT2D eigenvalue weighted by molar-refractivity contribution is 5.75. The van der Waals surface area contributed by atoms with Crippen molar-refractivity contribution in [3.8, 4) is 0 Å². The number of esters is 1. The van der Waals surface area contributed by atoms with Crippen molar-refractivity contribution in [1.82, 2.24) is 0 Å². The van der Waals surface area contributed by atoms with Gasteiger partial charge in [0.2, 0.25) is 0 Å². The van der Waals surface area contributed by atoms with Crippen LogP contribution in [-0.4, -0.2) is 11.1 Å². The van der Waals surface area contributed by atoms with Crippen LogP contribution in [-0.2, 0) is 9.53 Å². The van der Waals surface area contributed by atoms with Crippen LogP contribution in [0.3, 0.4) is 0 Å². The number of carbonyl (C=O) groups excluding carboxylic acids is 1. The fraction of sp³-hybridized carbons (Fsp3) is 0.182. The predicted octanol–water partition coefficient (Wildman–Crippen LogP) is 1.69. The number of carbonyl (C=O) groups is 1. The molecule has 0 fully saturated rings. The van der Waals surface area contributed by atoms with Gasteiger partial charge in [0, 0.05) is 5.56 Å². The molecule has 1 aliphatic rings. The van der Waals surface area contributed by atoms with Crippen LogP contribution in [0.1, 0.15) is 18.1 Å². The van der Waals surface area contributed by atoms with E-state index in [4.69, 9.17) is 4.74 Å². The van der Waals surface area contributed by atoms with Crippen LogP contribution in [0.4, 0.5) is 4.39 Å². The zero-order chi connectivity index (χ0) is 10.8. The van der Waals surface area contributed by atoms with Crippen LogP contribution in [0.15, 0.2) is 36.1 Å². The summed E-state index contributed by atoms with van der Waals surface area (Å²) in [5.41, 5.74) is 0.110. The first-order valence-corrected chi connectivity index (χ1v) is 4.51. The van der Waals surface area contributed by atoms with Gasteiger partial charge in [-0.1, -0.05) is 18.2 Å². The van der Waals surface area contributed by atoms with Crippen molar-refractivity contribution in [2.24, 2.45) is 0 Å². The Kier molecular flexibility index (Phi) is 2.51. The van der Waals surface area contributed by atoms with E-state index in [-0.39, 0.29) is 17.7 Å². The topological polar surface area (TPSA) is 46.5 Å². The lowest BCUT2D eigenvalue weighted by Crippen LogP contribution is -2.06. The summed E-state index contributed by atoms with van der Waals surface area (Å²) in [7, 11) is 0. The zero-order valence-electron chi connectivity index (χ0n) is 7.81. The highest BCUT2D eigenvalue weighted by Gasteiger charge is 2.24. The van der Waals surface area contributed by atoms with Crippen LogP contribution in [0.5, 0.6) is 0 Å². The molecule has 1 N–H and O–H groups in total. The van der Waals surface area contributed by atoms with Crippen LogP contribution < -0.4 is 0 Å². The maximum atomic E-state index is 13.3. The molecule has 0 saturated carbocycles. The molecule has 0 bridgehead atoms. The maximum absolute atomic E-state index is 13.3. The third kappa shape index (κ3) is 1.89. The van der Waals surface area contributed by atoms with Gasteiger partial charge < -0.3 is 9.84 Å². The summed E-state index contributed by atoms with van der Waals surface area (Å²) in [6.45, 7) is 0. The molecule has 0 saturated heterocycles. The molecule has 78 valence electrons. The van der Waals surface area contributed by atoms with Gasteiger partial charge in [-0.3, -0.25) is 4.79 Å². The summed E-state index contributed by atoms with van der Waals surface area (Å²) in [5, 5.41) is 9.73. The molecule has 0 amide bonds. The summed E-state index contributed by atoms with van der Waals surface area (Å²) in [6.07, 6.45) is 0.373. The molecule has 1 atom stereocenters. The van der Waals surface area contributed by atoms with Crippen molar-refractivity contribution in [2.75, 3.05) is 0 Å². The average Bonchev–Trinajstić information content (AvgIpc) is 2.65. The standard InChI is InChI=1S/C11H9FO3/c12-8-4-2-1-3-7(8)11(14)9-5-6-10(13)15-9/h1-5,11,14H,6H2. The lowest BCUT2D eigenvalue weighted by atomic mass is 10.1. The van der Waals surface area contributed by atoms with E-state index in [9.17, 15) is 14.3 Å². The molecule has 4 heteroatoms. The summed E-state index contributed by atoms with van der Waals surface area (Å²) < 4.78 is 18.0. The Hall–Kier alpha value is -1.68. The second kappa shape index (κ2) is 3.82.